The van der Waals surface area contributed by atoms with E-state index in [9.17, 15) is 9.90 Å². The maximum atomic E-state index is 12.9. The quantitative estimate of drug-likeness (QED) is 0.805. The molecule has 2 saturated heterocycles. The Labute approximate surface area is 190 Å². The number of rotatable bonds is 3. The molecule has 5 rings (SSSR count). The normalized spacial score (nSPS) is 24.5. The maximum absolute atomic E-state index is 12.9. The molecule has 2 aromatic carbocycles. The molecule has 1 atom stereocenters. The molecule has 2 aliphatic heterocycles. The molecule has 0 saturated carbocycles. The summed E-state index contributed by atoms with van der Waals surface area (Å²) in [6.07, 6.45) is 5.21. The summed E-state index contributed by atoms with van der Waals surface area (Å²) in [5.41, 5.74) is 4.53. The van der Waals surface area contributed by atoms with Crippen LogP contribution in [-0.4, -0.2) is 47.0 Å². The first-order valence-corrected chi connectivity index (χ1v) is 11.7. The topological polar surface area (TPSA) is 67.6 Å². The van der Waals surface area contributed by atoms with Crippen LogP contribution in [-0.2, 0) is 18.6 Å². The number of fused-ring (bicyclic) bond motifs is 1. The lowest BCUT2D eigenvalue weighted by molar-refractivity contribution is 0.0224. The van der Waals surface area contributed by atoms with Crippen molar-refractivity contribution in [2.45, 2.75) is 51.2 Å². The molecule has 1 spiro atoms. The van der Waals surface area contributed by atoms with Gasteiger partial charge in [0, 0.05) is 31.6 Å². The van der Waals surface area contributed by atoms with E-state index in [0.717, 1.165) is 57.5 Å². The molecule has 5 nitrogen and oxygen atoms in total. The van der Waals surface area contributed by atoms with Gasteiger partial charge in [0.15, 0.2) is 0 Å². The van der Waals surface area contributed by atoms with Crippen molar-refractivity contribution in [2.24, 2.45) is 5.41 Å². The number of nitrogens with zero attached hydrogens (tertiary/aromatic N) is 3. The Morgan fingerprint density at radius 3 is 2.44 bits per heavy atom. The van der Waals surface area contributed by atoms with Crippen molar-refractivity contribution in [3.05, 3.63) is 70.3 Å². The molecule has 1 aliphatic carbocycles. The molecular formula is C27H31N3O2. The largest absolute Gasteiger partial charge is 0.385 e. The molecule has 166 valence electrons. The molecule has 1 amide bonds. The lowest BCUT2D eigenvalue weighted by Crippen LogP contribution is -2.48. The van der Waals surface area contributed by atoms with Gasteiger partial charge >= 0.3 is 0 Å². The number of aliphatic hydroxyl groups is 1. The predicted molar refractivity (Wildman–Crippen MR) is 123 cm³/mol. The third-order valence-electron chi connectivity index (χ3n) is 7.97. The highest BCUT2D eigenvalue weighted by atomic mass is 16.3. The maximum Gasteiger partial charge on any atom is 0.253 e. The smallest absolute Gasteiger partial charge is 0.253 e. The lowest BCUT2D eigenvalue weighted by atomic mass is 9.70. The van der Waals surface area contributed by atoms with E-state index in [1.165, 1.54) is 24.0 Å². The Hall–Kier alpha value is -2.68. The van der Waals surface area contributed by atoms with Gasteiger partial charge in [-0.1, -0.05) is 24.3 Å². The van der Waals surface area contributed by atoms with E-state index in [-0.39, 0.29) is 5.91 Å². The Kier molecular flexibility index (Phi) is 5.31. The first-order chi connectivity index (χ1) is 15.4. The molecule has 1 N–H and O–H groups in total. The van der Waals surface area contributed by atoms with Gasteiger partial charge in [-0.05, 0) is 86.0 Å². The molecule has 2 fully saturated rings. The van der Waals surface area contributed by atoms with Crippen LogP contribution in [0.5, 0.6) is 0 Å². The van der Waals surface area contributed by atoms with Crippen molar-refractivity contribution in [2.75, 3.05) is 26.2 Å². The summed E-state index contributed by atoms with van der Waals surface area (Å²) in [6, 6.07) is 15.6. The summed E-state index contributed by atoms with van der Waals surface area (Å²) < 4.78 is 0. The second-order valence-electron chi connectivity index (χ2n) is 10.2. The predicted octanol–water partition coefficient (Wildman–Crippen LogP) is 3.84. The number of likely N-dealkylation sites (tertiary alicyclic amines) is 2. The summed E-state index contributed by atoms with van der Waals surface area (Å²) in [7, 11) is 0. The lowest BCUT2D eigenvalue weighted by Gasteiger charge is -2.47. The Bertz CT molecular complexity index is 1070. The number of piperidine rings is 2. The van der Waals surface area contributed by atoms with Gasteiger partial charge in [-0.25, -0.2) is 0 Å². The van der Waals surface area contributed by atoms with Crippen molar-refractivity contribution in [1.29, 1.82) is 5.26 Å². The molecule has 0 radical (unpaired) electrons. The van der Waals surface area contributed by atoms with Crippen LogP contribution in [0.25, 0.3) is 0 Å². The van der Waals surface area contributed by atoms with E-state index < -0.39 is 5.60 Å². The van der Waals surface area contributed by atoms with Gasteiger partial charge in [0.25, 0.3) is 5.91 Å². The Morgan fingerprint density at radius 2 is 1.75 bits per heavy atom. The van der Waals surface area contributed by atoms with E-state index >= 15 is 0 Å². The third-order valence-corrected chi connectivity index (χ3v) is 7.97. The highest BCUT2D eigenvalue weighted by Crippen LogP contribution is 2.44. The monoisotopic (exact) mass is 429 g/mol. The fraction of sp³-hybridized carbons (Fsp3) is 0.481. The summed E-state index contributed by atoms with van der Waals surface area (Å²) >= 11 is 0. The zero-order valence-electron chi connectivity index (χ0n) is 18.8. The summed E-state index contributed by atoms with van der Waals surface area (Å²) in [4.78, 5) is 17.4. The SMILES string of the molecule is CC1(O)Cc2cccc(CN3CCC4(CC3)CCN(C(=O)c3cccc(C#N)c3)CC4)c21. The van der Waals surface area contributed by atoms with Crippen LogP contribution in [0.3, 0.4) is 0 Å². The summed E-state index contributed by atoms with van der Waals surface area (Å²) in [5, 5.41) is 19.7. The van der Waals surface area contributed by atoms with Crippen molar-refractivity contribution >= 4 is 5.91 Å². The van der Waals surface area contributed by atoms with E-state index in [2.05, 4.69) is 29.2 Å². The molecular weight excluding hydrogens is 398 g/mol. The van der Waals surface area contributed by atoms with Gasteiger partial charge in [0.2, 0.25) is 0 Å². The van der Waals surface area contributed by atoms with Crippen LogP contribution >= 0.6 is 0 Å². The van der Waals surface area contributed by atoms with Crippen LogP contribution in [0.4, 0.5) is 0 Å². The molecule has 5 heteroatoms. The first-order valence-electron chi connectivity index (χ1n) is 11.7. The number of hydrogen-bond acceptors (Lipinski definition) is 4. The van der Waals surface area contributed by atoms with Crippen LogP contribution in [0, 0.1) is 16.7 Å². The average Bonchev–Trinajstić information content (AvgIpc) is 2.80. The van der Waals surface area contributed by atoms with E-state index in [1.54, 1.807) is 18.2 Å². The summed E-state index contributed by atoms with van der Waals surface area (Å²) in [6.45, 7) is 6.58. The number of carbonyl (C=O) groups excluding carboxylic acids is 1. The standard InChI is InChI=1S/C27H31N3O2/c1-26(32)17-22-6-3-7-23(24(22)26)19-29-12-8-27(9-13-29)10-14-30(15-11-27)25(31)21-5-2-4-20(16-21)18-28/h2-7,16,32H,8-15,17,19H2,1H3. The van der Waals surface area contributed by atoms with E-state index in [4.69, 9.17) is 5.26 Å². The van der Waals surface area contributed by atoms with Crippen LogP contribution in [0.15, 0.2) is 42.5 Å². The van der Waals surface area contributed by atoms with E-state index in [0.29, 0.717) is 16.5 Å². The number of carbonyl (C=O) groups is 1. The molecule has 32 heavy (non-hydrogen) atoms. The number of nitriles is 1. The minimum absolute atomic E-state index is 0.0447. The van der Waals surface area contributed by atoms with Crippen molar-refractivity contribution in [3.8, 4) is 6.07 Å². The van der Waals surface area contributed by atoms with Crippen LogP contribution < -0.4 is 0 Å². The van der Waals surface area contributed by atoms with Crippen molar-refractivity contribution < 1.29 is 9.90 Å². The molecule has 2 aromatic rings. The van der Waals surface area contributed by atoms with Gasteiger partial charge in [0.05, 0.1) is 17.2 Å². The second kappa shape index (κ2) is 8.03. The van der Waals surface area contributed by atoms with Gasteiger partial charge in [-0.15, -0.1) is 0 Å². The zero-order chi connectivity index (χ0) is 22.3. The molecule has 0 aromatic heterocycles. The highest BCUT2D eigenvalue weighted by molar-refractivity contribution is 5.94. The molecule has 1 unspecified atom stereocenters. The molecule has 2 heterocycles. The van der Waals surface area contributed by atoms with Crippen molar-refractivity contribution in [3.63, 3.8) is 0 Å². The van der Waals surface area contributed by atoms with Gasteiger partial charge in [-0.2, -0.15) is 5.26 Å². The fourth-order valence-corrected chi connectivity index (χ4v) is 5.99. The van der Waals surface area contributed by atoms with Gasteiger partial charge in [0.1, 0.15) is 0 Å². The van der Waals surface area contributed by atoms with Gasteiger partial charge < -0.3 is 10.0 Å². The number of benzene rings is 2. The molecule has 3 aliphatic rings. The highest BCUT2D eigenvalue weighted by Gasteiger charge is 2.41. The fourth-order valence-electron chi connectivity index (χ4n) is 5.99. The Morgan fingerprint density at radius 1 is 1.06 bits per heavy atom. The molecule has 0 bridgehead atoms. The zero-order valence-corrected chi connectivity index (χ0v) is 18.8. The van der Waals surface area contributed by atoms with Crippen LogP contribution in [0.2, 0.25) is 0 Å². The van der Waals surface area contributed by atoms with Crippen LogP contribution in [0.1, 0.15) is 65.2 Å². The second-order valence-corrected chi connectivity index (χ2v) is 10.2. The van der Waals surface area contributed by atoms with E-state index in [1.807, 2.05) is 17.9 Å². The minimum Gasteiger partial charge on any atom is -0.385 e. The number of hydrogen-bond donors (Lipinski definition) is 1. The first kappa shape index (κ1) is 21.2. The third kappa shape index (κ3) is 3.83. The average molecular weight is 430 g/mol. The minimum atomic E-state index is -0.672. The van der Waals surface area contributed by atoms with Crippen molar-refractivity contribution in [1.82, 2.24) is 9.80 Å². The number of amides is 1. The van der Waals surface area contributed by atoms with Gasteiger partial charge in [-0.3, -0.25) is 9.69 Å². The summed E-state index contributed by atoms with van der Waals surface area (Å²) in [5.74, 6) is 0.0447. The Balaban J connectivity index is 1.17.